The van der Waals surface area contributed by atoms with E-state index in [1.165, 1.54) is 17.8 Å². The van der Waals surface area contributed by atoms with Gasteiger partial charge in [0.2, 0.25) is 0 Å². The van der Waals surface area contributed by atoms with Crippen LogP contribution in [-0.4, -0.2) is 10.9 Å². The van der Waals surface area contributed by atoms with Crippen LogP contribution in [0.2, 0.25) is 5.02 Å². The average molecular weight is 276 g/mol. The number of amides is 1. The Morgan fingerprint density at radius 3 is 2.68 bits per heavy atom. The molecule has 0 aliphatic carbocycles. The highest BCUT2D eigenvalue weighted by Gasteiger charge is 2.08. The Morgan fingerprint density at radius 2 is 2.05 bits per heavy atom. The summed E-state index contributed by atoms with van der Waals surface area (Å²) < 4.78 is 0. The van der Waals surface area contributed by atoms with Gasteiger partial charge in [-0.15, -0.1) is 0 Å². The number of benzene rings is 1. The van der Waals surface area contributed by atoms with E-state index in [0.717, 1.165) is 5.56 Å². The zero-order valence-corrected chi connectivity index (χ0v) is 11.2. The summed E-state index contributed by atoms with van der Waals surface area (Å²) in [5.41, 5.74) is 8.11. The predicted octanol–water partition coefficient (Wildman–Crippen LogP) is 2.56. The van der Waals surface area contributed by atoms with Crippen LogP contribution in [0.15, 0.2) is 36.5 Å². The van der Waals surface area contributed by atoms with Crippen molar-refractivity contribution in [1.29, 1.82) is 0 Å². The van der Waals surface area contributed by atoms with Crippen molar-refractivity contribution in [2.24, 2.45) is 0 Å². The number of aryl methyl sites for hydroxylation is 1. The highest BCUT2D eigenvalue weighted by Crippen LogP contribution is 2.16. The smallest absolute Gasteiger partial charge is 0.253 e. The Kier molecular flexibility index (Phi) is 4.02. The number of carbonyl (C=O) groups excluding carboxylic acids is 1. The number of nitrogens with one attached hydrogen (secondary N) is 1. The van der Waals surface area contributed by atoms with Crippen LogP contribution < -0.4 is 11.1 Å². The number of hydrogen-bond donors (Lipinski definition) is 2. The number of nitrogen functional groups attached to an aromatic ring is 1. The summed E-state index contributed by atoms with van der Waals surface area (Å²) in [6, 6.07) is 9.47. The molecule has 1 heterocycles. The summed E-state index contributed by atoms with van der Waals surface area (Å²) >= 11 is 5.82. The van der Waals surface area contributed by atoms with Crippen LogP contribution in [0.25, 0.3) is 0 Å². The molecule has 0 fully saturated rings. The minimum Gasteiger partial charge on any atom is -0.382 e. The number of nitrogens with two attached hydrogens (primary N) is 1. The fourth-order valence-corrected chi connectivity index (χ4v) is 1.73. The SMILES string of the molecule is Cc1ccc(CNC(=O)c2cnc(N)c(Cl)c2)cc1. The van der Waals surface area contributed by atoms with E-state index < -0.39 is 0 Å². The first-order chi connectivity index (χ1) is 9.06. The second-order valence-electron chi connectivity index (χ2n) is 4.26. The summed E-state index contributed by atoms with van der Waals surface area (Å²) in [5, 5.41) is 3.08. The van der Waals surface area contributed by atoms with Gasteiger partial charge in [0.1, 0.15) is 5.82 Å². The highest BCUT2D eigenvalue weighted by molar-refractivity contribution is 6.33. The molecular formula is C14H14ClN3O. The van der Waals surface area contributed by atoms with E-state index in [2.05, 4.69) is 10.3 Å². The molecule has 19 heavy (non-hydrogen) atoms. The number of anilines is 1. The third kappa shape index (κ3) is 3.45. The van der Waals surface area contributed by atoms with Crippen LogP contribution in [0.3, 0.4) is 0 Å². The lowest BCUT2D eigenvalue weighted by Crippen LogP contribution is -2.23. The van der Waals surface area contributed by atoms with Gasteiger partial charge in [-0.2, -0.15) is 0 Å². The molecule has 0 saturated heterocycles. The van der Waals surface area contributed by atoms with E-state index in [0.29, 0.717) is 12.1 Å². The van der Waals surface area contributed by atoms with Crippen molar-refractivity contribution >= 4 is 23.3 Å². The lowest BCUT2D eigenvalue weighted by Gasteiger charge is -2.06. The maximum atomic E-state index is 11.9. The van der Waals surface area contributed by atoms with E-state index in [1.807, 2.05) is 31.2 Å². The fourth-order valence-electron chi connectivity index (χ4n) is 1.56. The molecular weight excluding hydrogens is 262 g/mol. The van der Waals surface area contributed by atoms with E-state index in [9.17, 15) is 4.79 Å². The Balaban J connectivity index is 2.01. The average Bonchev–Trinajstić information content (AvgIpc) is 2.41. The molecule has 1 aromatic carbocycles. The highest BCUT2D eigenvalue weighted by atomic mass is 35.5. The summed E-state index contributed by atoms with van der Waals surface area (Å²) in [6.07, 6.45) is 1.41. The molecule has 0 saturated carbocycles. The molecule has 0 bridgehead atoms. The minimum absolute atomic E-state index is 0.219. The molecule has 0 unspecified atom stereocenters. The molecule has 98 valence electrons. The van der Waals surface area contributed by atoms with E-state index in [4.69, 9.17) is 17.3 Å². The molecule has 0 radical (unpaired) electrons. The third-order valence-electron chi connectivity index (χ3n) is 2.71. The molecule has 0 aliphatic heterocycles. The van der Waals surface area contributed by atoms with Gasteiger partial charge in [0.05, 0.1) is 10.6 Å². The van der Waals surface area contributed by atoms with Gasteiger partial charge >= 0.3 is 0 Å². The lowest BCUT2D eigenvalue weighted by molar-refractivity contribution is 0.0950. The molecule has 2 rings (SSSR count). The fraction of sp³-hybridized carbons (Fsp3) is 0.143. The van der Waals surface area contributed by atoms with Crippen molar-refractivity contribution in [3.05, 3.63) is 58.2 Å². The molecule has 0 atom stereocenters. The normalized spacial score (nSPS) is 10.2. The Morgan fingerprint density at radius 1 is 1.37 bits per heavy atom. The van der Waals surface area contributed by atoms with Crippen LogP contribution in [0.4, 0.5) is 5.82 Å². The summed E-state index contributed by atoms with van der Waals surface area (Å²) in [5.74, 6) is -0.00766. The maximum absolute atomic E-state index is 11.9. The van der Waals surface area contributed by atoms with Crippen molar-refractivity contribution < 1.29 is 4.79 Å². The quantitative estimate of drug-likeness (QED) is 0.904. The zero-order chi connectivity index (χ0) is 13.8. The Labute approximate surface area is 116 Å². The second-order valence-corrected chi connectivity index (χ2v) is 4.67. The van der Waals surface area contributed by atoms with Crippen LogP contribution in [0.1, 0.15) is 21.5 Å². The molecule has 0 spiro atoms. The van der Waals surface area contributed by atoms with E-state index in [-0.39, 0.29) is 16.7 Å². The number of halogens is 1. The van der Waals surface area contributed by atoms with Crippen molar-refractivity contribution in [2.75, 3.05) is 5.73 Å². The monoisotopic (exact) mass is 275 g/mol. The van der Waals surface area contributed by atoms with E-state index in [1.54, 1.807) is 0 Å². The molecule has 5 heteroatoms. The molecule has 0 aliphatic rings. The summed E-state index contributed by atoms with van der Waals surface area (Å²) in [4.78, 5) is 15.7. The van der Waals surface area contributed by atoms with Crippen molar-refractivity contribution in [1.82, 2.24) is 10.3 Å². The van der Waals surface area contributed by atoms with Crippen molar-refractivity contribution in [3.63, 3.8) is 0 Å². The summed E-state index contributed by atoms with van der Waals surface area (Å²) in [6.45, 7) is 2.48. The van der Waals surface area contributed by atoms with Gasteiger partial charge in [0.25, 0.3) is 5.91 Å². The number of rotatable bonds is 3. The van der Waals surface area contributed by atoms with Gasteiger partial charge in [-0.3, -0.25) is 4.79 Å². The standard InChI is InChI=1S/C14H14ClN3O/c1-9-2-4-10(5-3-9)7-18-14(19)11-6-12(15)13(16)17-8-11/h2-6,8H,7H2,1H3,(H2,16,17)(H,18,19). The van der Waals surface area contributed by atoms with Crippen LogP contribution in [-0.2, 0) is 6.54 Å². The molecule has 1 amide bonds. The summed E-state index contributed by atoms with van der Waals surface area (Å²) in [7, 11) is 0. The van der Waals surface area contributed by atoms with Gasteiger partial charge in [0, 0.05) is 12.7 Å². The first-order valence-electron chi connectivity index (χ1n) is 5.81. The third-order valence-corrected chi connectivity index (χ3v) is 3.01. The van der Waals surface area contributed by atoms with Crippen LogP contribution >= 0.6 is 11.6 Å². The molecule has 3 N–H and O–H groups in total. The topological polar surface area (TPSA) is 68.0 Å². The van der Waals surface area contributed by atoms with Crippen LogP contribution in [0.5, 0.6) is 0 Å². The van der Waals surface area contributed by atoms with Crippen molar-refractivity contribution in [3.8, 4) is 0 Å². The first-order valence-corrected chi connectivity index (χ1v) is 6.19. The van der Waals surface area contributed by atoms with E-state index >= 15 is 0 Å². The lowest BCUT2D eigenvalue weighted by atomic mass is 10.1. The molecule has 1 aromatic heterocycles. The van der Waals surface area contributed by atoms with Gasteiger partial charge < -0.3 is 11.1 Å². The largest absolute Gasteiger partial charge is 0.382 e. The maximum Gasteiger partial charge on any atom is 0.253 e. The minimum atomic E-state index is -0.227. The predicted molar refractivity (Wildman–Crippen MR) is 76.0 cm³/mol. The van der Waals surface area contributed by atoms with Gasteiger partial charge in [-0.25, -0.2) is 4.98 Å². The number of pyridine rings is 1. The van der Waals surface area contributed by atoms with Gasteiger partial charge in [-0.1, -0.05) is 41.4 Å². The Hall–Kier alpha value is -2.07. The Bertz CT molecular complexity index is 596. The van der Waals surface area contributed by atoms with Crippen LogP contribution in [0, 0.1) is 6.92 Å². The second kappa shape index (κ2) is 5.71. The van der Waals surface area contributed by atoms with Gasteiger partial charge in [-0.05, 0) is 18.6 Å². The van der Waals surface area contributed by atoms with Gasteiger partial charge in [0.15, 0.2) is 0 Å². The number of carbonyl (C=O) groups is 1. The number of nitrogens with zero attached hydrogens (tertiary/aromatic N) is 1. The molecule has 2 aromatic rings. The molecule has 4 nitrogen and oxygen atoms in total. The first kappa shape index (κ1) is 13.4. The number of hydrogen-bond acceptors (Lipinski definition) is 3. The zero-order valence-electron chi connectivity index (χ0n) is 10.5. The number of aromatic nitrogens is 1. The van der Waals surface area contributed by atoms with Crippen molar-refractivity contribution in [2.45, 2.75) is 13.5 Å².